The molecule has 0 bridgehead atoms. The van der Waals surface area contributed by atoms with Crippen LogP contribution < -0.4 is 0 Å². The second-order valence-corrected chi connectivity index (χ2v) is 5.30. The molecule has 110 valence electrons. The smallest absolute Gasteiger partial charge is 0.133 e. The van der Waals surface area contributed by atoms with Gasteiger partial charge in [0, 0.05) is 32.1 Å². The number of rotatable bonds is 13. The first-order valence-corrected chi connectivity index (χ1v) is 7.59. The Kier molecular flexibility index (Phi) is 11.4. The molecule has 19 heavy (non-hydrogen) atoms. The third-order valence-electron chi connectivity index (χ3n) is 3.25. The van der Waals surface area contributed by atoms with Gasteiger partial charge in [0.25, 0.3) is 0 Å². The summed E-state index contributed by atoms with van der Waals surface area (Å²) in [6, 6.07) is 0. The van der Waals surface area contributed by atoms with Crippen LogP contribution >= 0.6 is 0 Å². The highest BCUT2D eigenvalue weighted by Gasteiger charge is 2.08. The van der Waals surface area contributed by atoms with E-state index in [4.69, 9.17) is 0 Å². The average molecular weight is 268 g/mol. The first-order valence-electron chi connectivity index (χ1n) is 7.59. The summed E-state index contributed by atoms with van der Waals surface area (Å²) < 4.78 is 0. The Morgan fingerprint density at radius 1 is 0.632 bits per heavy atom. The van der Waals surface area contributed by atoms with E-state index in [9.17, 15) is 14.4 Å². The molecule has 0 aromatic rings. The number of Topliss-reactive ketones (excluding diaryl/α,β-unsaturated/α-hetero) is 3. The number of carbonyl (C=O) groups excluding carboxylic acids is 3. The molecule has 0 aliphatic heterocycles. The van der Waals surface area contributed by atoms with E-state index in [0.717, 1.165) is 12.8 Å². The minimum absolute atomic E-state index is 0.0338. The summed E-state index contributed by atoms with van der Waals surface area (Å²) in [5.41, 5.74) is 0. The molecule has 0 radical (unpaired) electrons. The summed E-state index contributed by atoms with van der Waals surface area (Å²) in [6.45, 7) is 3.67. The molecule has 0 fully saturated rings. The molecule has 0 N–H and O–H groups in total. The van der Waals surface area contributed by atoms with Gasteiger partial charge in [0.1, 0.15) is 17.3 Å². The average Bonchev–Trinajstić information content (AvgIpc) is 2.38. The molecule has 0 aromatic carbocycles. The minimum Gasteiger partial charge on any atom is -0.300 e. The molecular formula is C16H28O3. The lowest BCUT2D eigenvalue weighted by molar-refractivity contribution is -0.125. The highest BCUT2D eigenvalue weighted by atomic mass is 16.1. The summed E-state index contributed by atoms with van der Waals surface area (Å²) >= 11 is 0. The zero-order valence-corrected chi connectivity index (χ0v) is 12.5. The van der Waals surface area contributed by atoms with Crippen molar-refractivity contribution in [2.24, 2.45) is 0 Å². The minimum atomic E-state index is 0.0338. The quantitative estimate of drug-likeness (QED) is 0.474. The summed E-state index contributed by atoms with van der Waals surface area (Å²) in [5.74, 6) is 0.255. The highest BCUT2D eigenvalue weighted by molar-refractivity contribution is 5.88. The van der Waals surface area contributed by atoms with Crippen LogP contribution in [0.5, 0.6) is 0 Å². The van der Waals surface area contributed by atoms with E-state index >= 15 is 0 Å². The molecule has 0 saturated carbocycles. The van der Waals surface area contributed by atoms with Crippen molar-refractivity contribution < 1.29 is 14.4 Å². The fraction of sp³-hybridized carbons (Fsp3) is 0.812. The predicted molar refractivity (Wildman–Crippen MR) is 77.2 cm³/mol. The Morgan fingerprint density at radius 3 is 1.68 bits per heavy atom. The Morgan fingerprint density at radius 2 is 1.11 bits per heavy atom. The maximum atomic E-state index is 11.6. The highest BCUT2D eigenvalue weighted by Crippen LogP contribution is 2.09. The van der Waals surface area contributed by atoms with Crippen LogP contribution in [0, 0.1) is 0 Å². The van der Waals surface area contributed by atoms with Gasteiger partial charge in [-0.1, -0.05) is 39.0 Å². The van der Waals surface area contributed by atoms with Crippen LogP contribution in [0.4, 0.5) is 0 Å². The van der Waals surface area contributed by atoms with Gasteiger partial charge in [-0.2, -0.15) is 0 Å². The maximum Gasteiger partial charge on any atom is 0.133 e. The largest absolute Gasteiger partial charge is 0.300 e. The van der Waals surface area contributed by atoms with Crippen LogP contribution in [0.25, 0.3) is 0 Å². The molecule has 0 aliphatic rings. The summed E-state index contributed by atoms with van der Waals surface area (Å²) in [5, 5.41) is 0. The van der Waals surface area contributed by atoms with Gasteiger partial charge >= 0.3 is 0 Å². The lowest BCUT2D eigenvalue weighted by atomic mass is 10.0. The van der Waals surface area contributed by atoms with Gasteiger partial charge in [0.05, 0.1) is 0 Å². The van der Waals surface area contributed by atoms with E-state index in [0.29, 0.717) is 32.1 Å². The topological polar surface area (TPSA) is 51.2 Å². The third kappa shape index (κ3) is 13.2. The summed E-state index contributed by atoms with van der Waals surface area (Å²) in [6.07, 6.45) is 8.91. The van der Waals surface area contributed by atoms with E-state index in [1.54, 1.807) is 0 Å². The molecule has 0 heterocycles. The van der Waals surface area contributed by atoms with Crippen molar-refractivity contribution in [1.82, 2.24) is 0 Å². The van der Waals surface area contributed by atoms with Crippen LogP contribution in [0.2, 0.25) is 0 Å². The normalized spacial score (nSPS) is 10.4. The Labute approximate surface area is 117 Å². The fourth-order valence-electron chi connectivity index (χ4n) is 1.95. The molecule has 0 rings (SSSR count). The Bertz CT molecular complexity index is 282. The molecule has 0 aromatic heterocycles. The molecule has 3 heteroatoms. The molecular weight excluding hydrogens is 240 g/mol. The molecule has 0 aliphatic carbocycles. The molecule has 0 saturated heterocycles. The van der Waals surface area contributed by atoms with Crippen LogP contribution in [-0.2, 0) is 14.4 Å². The van der Waals surface area contributed by atoms with Crippen LogP contribution in [-0.4, -0.2) is 17.3 Å². The number of unbranched alkanes of at least 4 members (excludes halogenated alkanes) is 5. The van der Waals surface area contributed by atoms with E-state index in [1.165, 1.54) is 32.6 Å². The van der Waals surface area contributed by atoms with Crippen molar-refractivity contribution in [2.75, 3.05) is 0 Å². The molecule has 0 unspecified atom stereocenters. The van der Waals surface area contributed by atoms with Crippen molar-refractivity contribution in [3.63, 3.8) is 0 Å². The van der Waals surface area contributed by atoms with Gasteiger partial charge in [-0.25, -0.2) is 0 Å². The second-order valence-electron chi connectivity index (χ2n) is 5.30. The first-order chi connectivity index (χ1) is 9.06. The van der Waals surface area contributed by atoms with E-state index in [2.05, 4.69) is 6.92 Å². The van der Waals surface area contributed by atoms with Crippen molar-refractivity contribution in [3.05, 3.63) is 0 Å². The SMILES string of the molecule is CCCCCCCCC(=O)CCC(=O)CCC(C)=O. The lowest BCUT2D eigenvalue weighted by Crippen LogP contribution is -2.05. The van der Waals surface area contributed by atoms with Gasteiger partial charge in [-0.05, 0) is 13.3 Å². The number of carbonyl (C=O) groups is 3. The van der Waals surface area contributed by atoms with Crippen LogP contribution in [0.1, 0.15) is 84.5 Å². The van der Waals surface area contributed by atoms with Crippen molar-refractivity contribution >= 4 is 17.3 Å². The fourth-order valence-corrected chi connectivity index (χ4v) is 1.95. The monoisotopic (exact) mass is 268 g/mol. The Balaban J connectivity index is 3.43. The van der Waals surface area contributed by atoms with Crippen molar-refractivity contribution in [1.29, 1.82) is 0 Å². The van der Waals surface area contributed by atoms with Gasteiger partial charge in [-0.15, -0.1) is 0 Å². The first kappa shape index (κ1) is 18.0. The van der Waals surface area contributed by atoms with Gasteiger partial charge in [0.15, 0.2) is 0 Å². The molecule has 0 atom stereocenters. The van der Waals surface area contributed by atoms with E-state index in [-0.39, 0.29) is 17.3 Å². The van der Waals surface area contributed by atoms with E-state index in [1.807, 2.05) is 0 Å². The zero-order valence-electron chi connectivity index (χ0n) is 12.5. The Hall–Kier alpha value is -0.990. The van der Waals surface area contributed by atoms with Gasteiger partial charge in [-0.3, -0.25) is 9.59 Å². The second kappa shape index (κ2) is 12.1. The summed E-state index contributed by atoms with van der Waals surface area (Å²) in [4.78, 5) is 33.7. The number of hydrogen-bond donors (Lipinski definition) is 0. The van der Waals surface area contributed by atoms with Crippen LogP contribution in [0.15, 0.2) is 0 Å². The molecule has 0 amide bonds. The van der Waals surface area contributed by atoms with E-state index < -0.39 is 0 Å². The van der Waals surface area contributed by atoms with Gasteiger partial charge in [0.2, 0.25) is 0 Å². The third-order valence-corrected chi connectivity index (χ3v) is 3.25. The number of hydrogen-bond acceptors (Lipinski definition) is 3. The summed E-state index contributed by atoms with van der Waals surface area (Å²) in [7, 11) is 0. The standard InChI is InChI=1S/C16H28O3/c1-3-4-5-6-7-8-9-15(18)12-13-16(19)11-10-14(2)17/h3-13H2,1-2H3. The number of ketones is 3. The lowest BCUT2D eigenvalue weighted by Gasteiger charge is -2.01. The maximum absolute atomic E-state index is 11.6. The molecule has 0 spiro atoms. The molecule has 3 nitrogen and oxygen atoms in total. The van der Waals surface area contributed by atoms with Crippen molar-refractivity contribution in [2.45, 2.75) is 84.5 Å². The van der Waals surface area contributed by atoms with Crippen LogP contribution in [0.3, 0.4) is 0 Å². The zero-order chi connectivity index (χ0) is 14.5. The van der Waals surface area contributed by atoms with Gasteiger partial charge < -0.3 is 4.79 Å². The van der Waals surface area contributed by atoms with Crippen molar-refractivity contribution in [3.8, 4) is 0 Å². The predicted octanol–water partition coefficient (Wildman–Crippen LogP) is 4.02.